The van der Waals surface area contributed by atoms with Gasteiger partial charge in [0.15, 0.2) is 5.82 Å². The molecule has 7 nitrogen and oxygen atoms in total. The summed E-state index contributed by atoms with van der Waals surface area (Å²) in [6.07, 6.45) is 15.2. The molecule has 3 fully saturated rings. The summed E-state index contributed by atoms with van der Waals surface area (Å²) >= 11 is 0. The molecule has 0 bridgehead atoms. The van der Waals surface area contributed by atoms with E-state index in [4.69, 9.17) is 0 Å². The van der Waals surface area contributed by atoms with Crippen molar-refractivity contribution in [2.24, 2.45) is 11.8 Å². The van der Waals surface area contributed by atoms with Gasteiger partial charge in [-0.15, -0.1) is 0 Å². The van der Waals surface area contributed by atoms with Crippen molar-refractivity contribution in [1.82, 2.24) is 20.4 Å². The molecule has 0 unspecified atom stereocenters. The Morgan fingerprint density at radius 2 is 1.59 bits per heavy atom. The van der Waals surface area contributed by atoms with E-state index in [9.17, 15) is 9.59 Å². The van der Waals surface area contributed by atoms with Crippen molar-refractivity contribution in [3.63, 3.8) is 0 Å². The molecule has 7 heteroatoms. The number of nitrogens with zero attached hydrogens (tertiary/aromatic N) is 2. The molecule has 0 saturated heterocycles. The van der Waals surface area contributed by atoms with E-state index in [1.165, 1.54) is 64.2 Å². The number of anilines is 1. The number of hydrogen-bond acceptors (Lipinski definition) is 4. The molecule has 0 atom stereocenters. The first-order chi connectivity index (χ1) is 15.5. The molecule has 0 spiro atoms. The fourth-order valence-electron chi connectivity index (χ4n) is 5.95. The first kappa shape index (κ1) is 23.3. The lowest BCUT2D eigenvalue weighted by Crippen LogP contribution is -2.42. The molecule has 1 aromatic heterocycles. The van der Waals surface area contributed by atoms with Gasteiger partial charge >= 0.3 is 0 Å². The molecular formula is C25H41N5O2. The van der Waals surface area contributed by atoms with Gasteiger partial charge in [0.2, 0.25) is 11.8 Å². The Balaban J connectivity index is 1.27. The van der Waals surface area contributed by atoms with Crippen LogP contribution in [-0.2, 0) is 9.59 Å². The van der Waals surface area contributed by atoms with Crippen LogP contribution in [-0.4, -0.2) is 52.6 Å². The maximum Gasteiger partial charge on any atom is 0.239 e. The van der Waals surface area contributed by atoms with Crippen LogP contribution in [0.4, 0.5) is 5.82 Å². The van der Waals surface area contributed by atoms with Crippen molar-refractivity contribution in [2.45, 2.75) is 95.9 Å². The zero-order valence-corrected chi connectivity index (χ0v) is 19.7. The van der Waals surface area contributed by atoms with Crippen LogP contribution in [0.3, 0.4) is 0 Å². The van der Waals surface area contributed by atoms with Gasteiger partial charge in [0.25, 0.3) is 0 Å². The van der Waals surface area contributed by atoms with Crippen LogP contribution in [0, 0.1) is 11.8 Å². The highest BCUT2D eigenvalue weighted by Gasteiger charge is 2.32. The number of amides is 2. The molecule has 0 aromatic carbocycles. The van der Waals surface area contributed by atoms with Gasteiger partial charge in [0.1, 0.15) is 0 Å². The Morgan fingerprint density at radius 3 is 2.16 bits per heavy atom. The van der Waals surface area contributed by atoms with E-state index in [-0.39, 0.29) is 17.9 Å². The lowest BCUT2D eigenvalue weighted by molar-refractivity contribution is -0.120. The highest BCUT2D eigenvalue weighted by atomic mass is 16.2. The molecule has 0 radical (unpaired) electrons. The summed E-state index contributed by atoms with van der Waals surface area (Å²) in [5.74, 6) is 2.54. The molecular weight excluding hydrogens is 402 g/mol. The minimum absolute atomic E-state index is 0.0250. The largest absolute Gasteiger partial charge is 0.354 e. The number of aromatic nitrogens is 2. The second-order valence-corrected chi connectivity index (χ2v) is 10.5. The molecule has 1 heterocycles. The van der Waals surface area contributed by atoms with Crippen molar-refractivity contribution < 1.29 is 9.59 Å². The smallest absolute Gasteiger partial charge is 0.239 e. The number of H-pyrrole nitrogens is 1. The van der Waals surface area contributed by atoms with Gasteiger partial charge in [-0.2, -0.15) is 5.10 Å². The van der Waals surface area contributed by atoms with Crippen LogP contribution >= 0.6 is 0 Å². The third-order valence-electron chi connectivity index (χ3n) is 7.70. The Hall–Kier alpha value is -1.89. The van der Waals surface area contributed by atoms with E-state index in [2.05, 4.69) is 25.7 Å². The first-order valence-electron chi connectivity index (χ1n) is 12.9. The van der Waals surface area contributed by atoms with E-state index < -0.39 is 0 Å². The molecule has 0 aliphatic heterocycles. The molecule has 178 valence electrons. The minimum Gasteiger partial charge on any atom is -0.354 e. The Morgan fingerprint density at radius 1 is 1.00 bits per heavy atom. The minimum atomic E-state index is 0.0250. The summed E-state index contributed by atoms with van der Waals surface area (Å²) in [5.41, 5.74) is 1.04. The molecule has 1 aromatic rings. The predicted octanol–water partition coefficient (Wildman–Crippen LogP) is 4.19. The monoisotopic (exact) mass is 443 g/mol. The quantitative estimate of drug-likeness (QED) is 0.534. The fraction of sp³-hybridized carbons (Fsp3) is 0.800. The normalized spacial score (nSPS) is 24.8. The Kier molecular flexibility index (Phi) is 8.22. The first-order valence-corrected chi connectivity index (χ1v) is 12.9. The van der Waals surface area contributed by atoms with Crippen LogP contribution in [0.2, 0.25) is 0 Å². The van der Waals surface area contributed by atoms with Crippen molar-refractivity contribution in [2.75, 3.05) is 25.0 Å². The summed E-state index contributed by atoms with van der Waals surface area (Å²) in [5, 5.41) is 13.4. The van der Waals surface area contributed by atoms with E-state index in [1.807, 2.05) is 6.07 Å². The van der Waals surface area contributed by atoms with Crippen molar-refractivity contribution in [3.05, 3.63) is 11.8 Å². The SMILES string of the molecule is CC(=O)NC1CC(c2cc(NC(=O)CN(CC3CCCCC3)CC3CCCCC3)n[nH]2)C1. The van der Waals surface area contributed by atoms with Crippen molar-refractivity contribution in [3.8, 4) is 0 Å². The molecule has 3 N–H and O–H groups in total. The zero-order chi connectivity index (χ0) is 22.3. The van der Waals surface area contributed by atoms with Gasteiger partial charge in [0.05, 0.1) is 6.54 Å². The zero-order valence-electron chi connectivity index (χ0n) is 19.7. The van der Waals surface area contributed by atoms with Gasteiger partial charge in [-0.05, 0) is 50.4 Å². The summed E-state index contributed by atoms with van der Waals surface area (Å²) in [4.78, 5) is 26.5. The maximum atomic E-state index is 12.9. The maximum absolute atomic E-state index is 12.9. The Bertz CT molecular complexity index is 725. The van der Waals surface area contributed by atoms with Gasteiger partial charge < -0.3 is 10.6 Å². The topological polar surface area (TPSA) is 90.1 Å². The summed E-state index contributed by atoms with van der Waals surface area (Å²) in [6, 6.07) is 2.21. The van der Waals surface area contributed by atoms with Gasteiger partial charge in [-0.25, -0.2) is 0 Å². The van der Waals surface area contributed by atoms with E-state index in [1.54, 1.807) is 6.92 Å². The highest BCUT2D eigenvalue weighted by molar-refractivity contribution is 5.91. The summed E-state index contributed by atoms with van der Waals surface area (Å²) < 4.78 is 0. The number of hydrogen-bond donors (Lipinski definition) is 3. The standard InChI is InChI=1S/C25H41N5O2/c1-18(31)26-22-12-21(13-22)23-14-24(29-28-23)27-25(32)17-30(15-19-8-4-2-5-9-19)16-20-10-6-3-7-11-20/h14,19-22H,2-13,15-17H2,1H3,(H,26,31)(H2,27,28,29,32). The third-order valence-corrected chi connectivity index (χ3v) is 7.70. The molecule has 4 rings (SSSR count). The number of carbonyl (C=O) groups is 2. The van der Waals surface area contributed by atoms with E-state index in [0.29, 0.717) is 18.3 Å². The van der Waals surface area contributed by atoms with Crippen LogP contribution in [0.1, 0.15) is 95.6 Å². The second-order valence-electron chi connectivity index (χ2n) is 10.5. The molecule has 32 heavy (non-hydrogen) atoms. The van der Waals surface area contributed by atoms with Crippen LogP contribution in [0.5, 0.6) is 0 Å². The van der Waals surface area contributed by atoms with Gasteiger partial charge in [0, 0.05) is 43.7 Å². The number of rotatable bonds is 9. The molecule has 3 saturated carbocycles. The van der Waals surface area contributed by atoms with Crippen molar-refractivity contribution in [1.29, 1.82) is 0 Å². The fourth-order valence-corrected chi connectivity index (χ4v) is 5.95. The van der Waals surface area contributed by atoms with Crippen LogP contribution < -0.4 is 10.6 Å². The second kappa shape index (κ2) is 11.3. The Labute approximate surface area is 192 Å². The average Bonchev–Trinajstić information content (AvgIpc) is 3.19. The number of aromatic amines is 1. The summed E-state index contributed by atoms with van der Waals surface area (Å²) in [7, 11) is 0. The molecule has 3 aliphatic carbocycles. The third kappa shape index (κ3) is 6.80. The van der Waals surface area contributed by atoms with Crippen molar-refractivity contribution >= 4 is 17.6 Å². The summed E-state index contributed by atoms with van der Waals surface area (Å²) in [6.45, 7) is 4.14. The highest BCUT2D eigenvalue weighted by Crippen LogP contribution is 2.36. The van der Waals surface area contributed by atoms with E-state index >= 15 is 0 Å². The average molecular weight is 444 g/mol. The lowest BCUT2D eigenvalue weighted by atomic mass is 9.78. The van der Waals surface area contributed by atoms with Crippen LogP contribution in [0.15, 0.2) is 6.07 Å². The molecule has 3 aliphatic rings. The number of carbonyl (C=O) groups excluding carboxylic acids is 2. The predicted molar refractivity (Wildman–Crippen MR) is 126 cm³/mol. The van der Waals surface area contributed by atoms with Gasteiger partial charge in [-0.1, -0.05) is 38.5 Å². The van der Waals surface area contributed by atoms with Crippen LogP contribution in [0.25, 0.3) is 0 Å². The van der Waals surface area contributed by atoms with E-state index in [0.717, 1.165) is 43.5 Å². The number of nitrogens with one attached hydrogen (secondary N) is 3. The lowest BCUT2D eigenvalue weighted by Gasteiger charge is -2.34. The molecule has 2 amide bonds. The van der Waals surface area contributed by atoms with Gasteiger partial charge in [-0.3, -0.25) is 19.6 Å².